The summed E-state index contributed by atoms with van der Waals surface area (Å²) in [4.78, 5) is 14.6. The van der Waals surface area contributed by atoms with Gasteiger partial charge in [0.15, 0.2) is 0 Å². The molecule has 4 heteroatoms. The molecule has 2 heterocycles. The van der Waals surface area contributed by atoms with Gasteiger partial charge in [0.1, 0.15) is 0 Å². The number of benzene rings is 2. The Labute approximate surface area is 142 Å². The smallest absolute Gasteiger partial charge is 0.251 e. The molecule has 0 bridgehead atoms. The Balaban J connectivity index is 1.37. The average molecular weight is 321 g/mol. The summed E-state index contributed by atoms with van der Waals surface area (Å²) in [5.41, 5.74) is 4.69. The lowest BCUT2D eigenvalue weighted by atomic mass is 10.1. The highest BCUT2D eigenvalue weighted by Gasteiger charge is 2.19. The highest BCUT2D eigenvalue weighted by Crippen LogP contribution is 2.28. The summed E-state index contributed by atoms with van der Waals surface area (Å²) in [6.45, 7) is 4.71. The molecule has 0 aromatic heterocycles. The highest BCUT2D eigenvalue weighted by molar-refractivity contribution is 5.94. The number of nitrogens with one attached hydrogen (secondary N) is 2. The topological polar surface area (TPSA) is 44.4 Å². The Morgan fingerprint density at radius 2 is 1.79 bits per heavy atom. The molecule has 2 aromatic carbocycles. The van der Waals surface area contributed by atoms with Crippen molar-refractivity contribution in [1.29, 1.82) is 0 Å². The molecule has 0 saturated carbocycles. The fourth-order valence-corrected chi connectivity index (χ4v) is 3.57. The molecule has 1 amide bonds. The number of hydrogen-bond acceptors (Lipinski definition) is 3. The second kappa shape index (κ2) is 6.65. The first-order valence-electron chi connectivity index (χ1n) is 8.70. The molecular formula is C20H23N3O. The van der Waals surface area contributed by atoms with Gasteiger partial charge in [-0.3, -0.25) is 4.79 Å². The molecule has 0 radical (unpaired) electrons. The highest BCUT2D eigenvalue weighted by atomic mass is 16.1. The van der Waals surface area contributed by atoms with Crippen LogP contribution in [0.25, 0.3) is 0 Å². The van der Waals surface area contributed by atoms with E-state index in [4.69, 9.17) is 0 Å². The summed E-state index contributed by atoms with van der Waals surface area (Å²) >= 11 is 0. The molecule has 1 unspecified atom stereocenters. The average Bonchev–Trinajstić information content (AvgIpc) is 3.29. The van der Waals surface area contributed by atoms with Crippen molar-refractivity contribution in [2.24, 2.45) is 5.92 Å². The molecule has 2 N–H and O–H groups in total. The van der Waals surface area contributed by atoms with Crippen molar-refractivity contribution >= 4 is 11.6 Å². The number of fused-ring (bicyclic) bond motifs is 1. The number of carbonyl (C=O) groups is 1. The van der Waals surface area contributed by atoms with Gasteiger partial charge < -0.3 is 15.5 Å². The maximum Gasteiger partial charge on any atom is 0.251 e. The molecule has 0 aliphatic carbocycles. The Morgan fingerprint density at radius 1 is 1.08 bits per heavy atom. The minimum absolute atomic E-state index is 0.0261. The SMILES string of the molecule is O=C(NCC1CCNC1)c1ccc(N2Cc3ccccc3C2)cc1. The van der Waals surface area contributed by atoms with Crippen LogP contribution in [0.4, 0.5) is 5.69 Å². The molecule has 2 aliphatic rings. The van der Waals surface area contributed by atoms with Gasteiger partial charge in [-0.15, -0.1) is 0 Å². The van der Waals surface area contributed by atoms with Crippen molar-refractivity contribution in [1.82, 2.24) is 10.6 Å². The normalized spacial score (nSPS) is 19.3. The van der Waals surface area contributed by atoms with Crippen molar-refractivity contribution in [3.05, 3.63) is 65.2 Å². The molecule has 2 aliphatic heterocycles. The van der Waals surface area contributed by atoms with Crippen molar-refractivity contribution < 1.29 is 4.79 Å². The van der Waals surface area contributed by atoms with E-state index in [1.807, 2.05) is 12.1 Å². The fourth-order valence-electron chi connectivity index (χ4n) is 3.57. The molecule has 1 fully saturated rings. The lowest BCUT2D eigenvalue weighted by Gasteiger charge is -2.18. The van der Waals surface area contributed by atoms with Gasteiger partial charge in [-0.1, -0.05) is 24.3 Å². The van der Waals surface area contributed by atoms with Crippen LogP contribution in [-0.2, 0) is 13.1 Å². The Bertz CT molecular complexity index is 695. The summed E-state index contributed by atoms with van der Waals surface area (Å²) in [7, 11) is 0. The minimum Gasteiger partial charge on any atom is -0.363 e. The lowest BCUT2D eigenvalue weighted by Crippen LogP contribution is -2.30. The molecule has 1 atom stereocenters. The van der Waals surface area contributed by atoms with E-state index in [0.717, 1.165) is 44.7 Å². The van der Waals surface area contributed by atoms with Crippen LogP contribution >= 0.6 is 0 Å². The third kappa shape index (κ3) is 3.15. The standard InChI is InChI=1S/C20H23N3O/c24-20(22-12-15-9-10-21-11-15)16-5-7-19(8-6-16)23-13-17-3-1-2-4-18(17)14-23/h1-8,15,21H,9-14H2,(H,22,24). The van der Waals surface area contributed by atoms with Gasteiger partial charge in [-0.05, 0) is 60.8 Å². The van der Waals surface area contributed by atoms with E-state index in [1.54, 1.807) is 0 Å². The first kappa shape index (κ1) is 15.2. The predicted molar refractivity (Wildman–Crippen MR) is 96.1 cm³/mol. The lowest BCUT2D eigenvalue weighted by molar-refractivity contribution is 0.0948. The quantitative estimate of drug-likeness (QED) is 0.909. The third-order valence-electron chi connectivity index (χ3n) is 5.05. The van der Waals surface area contributed by atoms with E-state index in [9.17, 15) is 4.79 Å². The largest absolute Gasteiger partial charge is 0.363 e. The van der Waals surface area contributed by atoms with Crippen LogP contribution in [0, 0.1) is 5.92 Å². The maximum atomic E-state index is 12.3. The van der Waals surface area contributed by atoms with Gasteiger partial charge in [0.05, 0.1) is 0 Å². The van der Waals surface area contributed by atoms with Gasteiger partial charge in [-0.2, -0.15) is 0 Å². The second-order valence-corrected chi connectivity index (χ2v) is 6.74. The van der Waals surface area contributed by atoms with Crippen LogP contribution in [-0.4, -0.2) is 25.5 Å². The fraction of sp³-hybridized carbons (Fsp3) is 0.350. The van der Waals surface area contributed by atoms with Gasteiger partial charge in [0.25, 0.3) is 5.91 Å². The van der Waals surface area contributed by atoms with Crippen molar-refractivity contribution in [2.45, 2.75) is 19.5 Å². The zero-order valence-electron chi connectivity index (χ0n) is 13.8. The van der Waals surface area contributed by atoms with Crippen LogP contribution in [0.1, 0.15) is 27.9 Å². The molecule has 4 rings (SSSR count). The van der Waals surface area contributed by atoms with Gasteiger partial charge in [0, 0.05) is 30.9 Å². The minimum atomic E-state index is 0.0261. The number of nitrogens with zero attached hydrogens (tertiary/aromatic N) is 1. The zero-order valence-corrected chi connectivity index (χ0v) is 13.8. The molecule has 1 saturated heterocycles. The number of hydrogen-bond donors (Lipinski definition) is 2. The van der Waals surface area contributed by atoms with Crippen LogP contribution in [0.2, 0.25) is 0 Å². The van der Waals surface area contributed by atoms with E-state index >= 15 is 0 Å². The van der Waals surface area contributed by atoms with Gasteiger partial charge in [-0.25, -0.2) is 0 Å². The summed E-state index contributed by atoms with van der Waals surface area (Å²) in [6.07, 6.45) is 1.15. The third-order valence-corrected chi connectivity index (χ3v) is 5.05. The van der Waals surface area contributed by atoms with Crippen LogP contribution < -0.4 is 15.5 Å². The van der Waals surface area contributed by atoms with Crippen LogP contribution in [0.5, 0.6) is 0 Å². The number of amides is 1. The van der Waals surface area contributed by atoms with Gasteiger partial charge in [0.2, 0.25) is 0 Å². The first-order valence-corrected chi connectivity index (χ1v) is 8.70. The Morgan fingerprint density at radius 3 is 2.42 bits per heavy atom. The van der Waals surface area contributed by atoms with Crippen LogP contribution in [0.3, 0.4) is 0 Å². The monoisotopic (exact) mass is 321 g/mol. The molecule has 0 spiro atoms. The molecular weight excluding hydrogens is 298 g/mol. The van der Waals surface area contributed by atoms with E-state index in [-0.39, 0.29) is 5.91 Å². The number of anilines is 1. The van der Waals surface area contributed by atoms with E-state index in [2.05, 4.69) is 51.9 Å². The number of carbonyl (C=O) groups excluding carboxylic acids is 1. The van der Waals surface area contributed by atoms with Crippen molar-refractivity contribution in [2.75, 3.05) is 24.5 Å². The zero-order chi connectivity index (χ0) is 16.4. The molecule has 24 heavy (non-hydrogen) atoms. The Kier molecular flexibility index (Phi) is 4.22. The van der Waals surface area contributed by atoms with Gasteiger partial charge >= 0.3 is 0 Å². The van der Waals surface area contributed by atoms with Crippen LogP contribution in [0.15, 0.2) is 48.5 Å². The molecule has 124 valence electrons. The van der Waals surface area contributed by atoms with E-state index in [1.165, 1.54) is 16.8 Å². The summed E-state index contributed by atoms with van der Waals surface area (Å²) in [5.74, 6) is 0.592. The van der Waals surface area contributed by atoms with Crippen molar-refractivity contribution in [3.63, 3.8) is 0 Å². The van der Waals surface area contributed by atoms with E-state index < -0.39 is 0 Å². The summed E-state index contributed by atoms with van der Waals surface area (Å²) in [6, 6.07) is 16.5. The number of rotatable bonds is 4. The maximum absolute atomic E-state index is 12.3. The Hall–Kier alpha value is -2.33. The molecule has 2 aromatic rings. The van der Waals surface area contributed by atoms with E-state index in [0.29, 0.717) is 5.92 Å². The summed E-state index contributed by atoms with van der Waals surface area (Å²) in [5, 5.41) is 6.38. The summed E-state index contributed by atoms with van der Waals surface area (Å²) < 4.78 is 0. The molecule has 4 nitrogen and oxygen atoms in total. The predicted octanol–water partition coefficient (Wildman–Crippen LogP) is 2.55. The van der Waals surface area contributed by atoms with Crippen molar-refractivity contribution in [3.8, 4) is 0 Å². The second-order valence-electron chi connectivity index (χ2n) is 6.74. The first-order chi connectivity index (χ1) is 11.8.